The fourth-order valence-electron chi connectivity index (χ4n) is 2.79. The first kappa shape index (κ1) is 19.0. The van der Waals surface area contributed by atoms with E-state index < -0.39 is 35.6 Å². The molecule has 0 aromatic heterocycles. The van der Waals surface area contributed by atoms with Gasteiger partial charge in [0.2, 0.25) is 0 Å². The average molecular weight is 327 g/mol. The highest BCUT2D eigenvalue weighted by atomic mass is 16.6. The minimum absolute atomic E-state index is 0.0930. The third-order valence-electron chi connectivity index (χ3n) is 3.80. The summed E-state index contributed by atoms with van der Waals surface area (Å²) in [6.07, 6.45) is -0.798. The Bertz CT molecular complexity index is 507. The van der Waals surface area contributed by atoms with Crippen molar-refractivity contribution in [1.29, 1.82) is 0 Å². The zero-order chi connectivity index (χ0) is 17.9. The number of aliphatic carboxylic acids is 1. The van der Waals surface area contributed by atoms with Crippen LogP contribution in [0, 0.1) is 11.8 Å². The Hall–Kier alpha value is -2.05. The van der Waals surface area contributed by atoms with Crippen molar-refractivity contribution in [2.24, 2.45) is 11.8 Å². The van der Waals surface area contributed by atoms with E-state index in [9.17, 15) is 19.5 Å². The Balaban J connectivity index is 3.12. The summed E-state index contributed by atoms with van der Waals surface area (Å²) in [7, 11) is 1.24. The van der Waals surface area contributed by atoms with Gasteiger partial charge >= 0.3 is 18.0 Å². The number of hydrogen-bond acceptors (Lipinski definition) is 5. The van der Waals surface area contributed by atoms with Crippen LogP contribution in [0.1, 0.15) is 34.1 Å². The number of carbonyl (C=O) groups is 3. The van der Waals surface area contributed by atoms with Crippen molar-refractivity contribution in [3.05, 3.63) is 12.2 Å². The van der Waals surface area contributed by atoms with Gasteiger partial charge in [-0.3, -0.25) is 9.69 Å². The summed E-state index contributed by atoms with van der Waals surface area (Å²) in [5.74, 6) is -2.58. The fraction of sp³-hybridized carbons (Fsp3) is 0.688. The number of amides is 1. The predicted molar refractivity (Wildman–Crippen MR) is 82.8 cm³/mol. The Kier molecular flexibility index (Phi) is 5.80. The first-order valence-corrected chi connectivity index (χ1v) is 7.42. The zero-order valence-corrected chi connectivity index (χ0v) is 14.3. The molecule has 3 atom stereocenters. The van der Waals surface area contributed by atoms with E-state index in [1.807, 2.05) is 0 Å². The predicted octanol–water partition coefficient (Wildman–Crippen LogP) is 2.06. The van der Waals surface area contributed by atoms with Gasteiger partial charge in [-0.1, -0.05) is 12.2 Å². The Morgan fingerprint density at radius 1 is 1.30 bits per heavy atom. The molecule has 1 aliphatic rings. The van der Waals surface area contributed by atoms with Gasteiger partial charge in [-0.2, -0.15) is 0 Å². The zero-order valence-electron chi connectivity index (χ0n) is 14.3. The van der Waals surface area contributed by atoms with Crippen LogP contribution in [-0.4, -0.2) is 53.3 Å². The van der Waals surface area contributed by atoms with Crippen LogP contribution in [0.2, 0.25) is 0 Å². The molecule has 1 fully saturated rings. The Morgan fingerprint density at radius 3 is 2.26 bits per heavy atom. The van der Waals surface area contributed by atoms with Crippen LogP contribution in [0.15, 0.2) is 12.2 Å². The maximum Gasteiger partial charge on any atom is 0.411 e. The first-order valence-electron chi connectivity index (χ1n) is 7.42. The van der Waals surface area contributed by atoms with E-state index in [-0.39, 0.29) is 18.9 Å². The van der Waals surface area contributed by atoms with Crippen LogP contribution in [0.4, 0.5) is 4.79 Å². The SMILES string of the molecule is C=C(C)[C@H]1CN(C(=O)OC(C)(C)C)[C@H](C(=O)O)[C@H]1CC(=O)OC. The lowest BCUT2D eigenvalue weighted by Gasteiger charge is -2.28. The number of carboxylic acid groups (broad SMARTS) is 1. The molecule has 1 saturated heterocycles. The van der Waals surface area contributed by atoms with Crippen molar-refractivity contribution in [1.82, 2.24) is 4.90 Å². The number of methoxy groups -OCH3 is 1. The highest BCUT2D eigenvalue weighted by molar-refractivity contribution is 5.82. The highest BCUT2D eigenvalue weighted by Crippen LogP contribution is 2.37. The van der Waals surface area contributed by atoms with Gasteiger partial charge in [0.1, 0.15) is 11.6 Å². The number of hydrogen-bond donors (Lipinski definition) is 1. The lowest BCUT2D eigenvalue weighted by molar-refractivity contribution is -0.146. The topological polar surface area (TPSA) is 93.1 Å². The average Bonchev–Trinajstić information content (AvgIpc) is 2.76. The van der Waals surface area contributed by atoms with E-state index in [2.05, 4.69) is 11.3 Å². The monoisotopic (exact) mass is 327 g/mol. The summed E-state index contributed by atoms with van der Waals surface area (Å²) in [5, 5.41) is 9.56. The minimum atomic E-state index is -1.17. The molecule has 0 saturated carbocycles. The van der Waals surface area contributed by atoms with Gasteiger partial charge in [-0.25, -0.2) is 9.59 Å². The van der Waals surface area contributed by atoms with Gasteiger partial charge in [0.15, 0.2) is 0 Å². The molecule has 1 heterocycles. The van der Waals surface area contributed by atoms with Gasteiger partial charge in [0.05, 0.1) is 13.5 Å². The number of carbonyl (C=O) groups excluding carboxylic acids is 2. The number of likely N-dealkylation sites (tertiary alicyclic amines) is 1. The summed E-state index contributed by atoms with van der Waals surface area (Å²) in [6, 6.07) is -1.15. The van der Waals surface area contributed by atoms with Gasteiger partial charge in [0, 0.05) is 18.4 Å². The minimum Gasteiger partial charge on any atom is -0.480 e. The third kappa shape index (κ3) is 4.71. The van der Waals surface area contributed by atoms with Crippen molar-refractivity contribution in [2.45, 2.75) is 45.8 Å². The number of rotatable bonds is 4. The van der Waals surface area contributed by atoms with Crippen LogP contribution in [0.5, 0.6) is 0 Å². The number of nitrogens with zero attached hydrogens (tertiary/aromatic N) is 1. The standard InChI is InChI=1S/C16H25NO6/c1-9(2)11-8-17(15(21)23-16(3,4)5)13(14(19)20)10(11)7-12(18)22-6/h10-11,13H,1,7-8H2,2-6H3,(H,19,20)/t10-,11+,13-/m0/s1. The number of esters is 1. The highest BCUT2D eigenvalue weighted by Gasteiger charge is 2.50. The first-order chi connectivity index (χ1) is 10.5. The van der Waals surface area contributed by atoms with Gasteiger partial charge in [-0.15, -0.1) is 0 Å². The van der Waals surface area contributed by atoms with E-state index in [4.69, 9.17) is 4.74 Å². The molecular weight excluding hydrogens is 302 g/mol. The quantitative estimate of drug-likeness (QED) is 0.627. The second kappa shape index (κ2) is 7.02. The molecule has 7 heteroatoms. The summed E-state index contributed by atoms with van der Waals surface area (Å²) in [6.45, 7) is 10.9. The molecule has 0 aromatic rings. The van der Waals surface area contributed by atoms with Crippen LogP contribution < -0.4 is 0 Å². The lowest BCUT2D eigenvalue weighted by Crippen LogP contribution is -2.45. The molecule has 1 aliphatic heterocycles. The maximum atomic E-state index is 12.3. The van der Waals surface area contributed by atoms with Crippen molar-refractivity contribution >= 4 is 18.0 Å². The molecule has 0 aromatic carbocycles. The number of carboxylic acids is 1. The Labute approximate surface area is 136 Å². The van der Waals surface area contributed by atoms with E-state index in [1.54, 1.807) is 27.7 Å². The third-order valence-corrected chi connectivity index (χ3v) is 3.80. The van der Waals surface area contributed by atoms with E-state index in [0.29, 0.717) is 0 Å². The van der Waals surface area contributed by atoms with E-state index >= 15 is 0 Å². The van der Waals surface area contributed by atoms with Crippen LogP contribution >= 0.6 is 0 Å². The maximum absolute atomic E-state index is 12.3. The van der Waals surface area contributed by atoms with Gasteiger partial charge < -0.3 is 14.6 Å². The molecule has 130 valence electrons. The van der Waals surface area contributed by atoms with Crippen molar-refractivity contribution in [2.75, 3.05) is 13.7 Å². The summed E-state index contributed by atoms with van der Waals surface area (Å²) in [5.41, 5.74) is -0.0181. The molecule has 0 unspecified atom stereocenters. The largest absolute Gasteiger partial charge is 0.480 e. The molecule has 0 bridgehead atoms. The normalized spacial score (nSPS) is 24.2. The van der Waals surface area contributed by atoms with Crippen molar-refractivity contribution < 1.29 is 29.0 Å². The van der Waals surface area contributed by atoms with Gasteiger partial charge in [0.25, 0.3) is 0 Å². The van der Waals surface area contributed by atoms with Crippen molar-refractivity contribution in [3.8, 4) is 0 Å². The van der Waals surface area contributed by atoms with Crippen LogP contribution in [0.25, 0.3) is 0 Å². The van der Waals surface area contributed by atoms with Crippen molar-refractivity contribution in [3.63, 3.8) is 0 Å². The van der Waals surface area contributed by atoms with E-state index in [0.717, 1.165) is 5.57 Å². The molecule has 0 radical (unpaired) electrons. The molecule has 1 rings (SSSR count). The molecule has 0 spiro atoms. The lowest BCUT2D eigenvalue weighted by atomic mass is 9.84. The molecule has 7 nitrogen and oxygen atoms in total. The molecule has 1 N–H and O–H groups in total. The second-order valence-electron chi connectivity index (χ2n) is 6.81. The fourth-order valence-corrected chi connectivity index (χ4v) is 2.79. The summed E-state index contributed by atoms with van der Waals surface area (Å²) >= 11 is 0. The smallest absolute Gasteiger partial charge is 0.411 e. The van der Waals surface area contributed by atoms with Crippen LogP contribution in [-0.2, 0) is 19.1 Å². The molecule has 1 amide bonds. The number of ether oxygens (including phenoxy) is 2. The molecule has 0 aliphatic carbocycles. The molecular formula is C16H25NO6. The second-order valence-corrected chi connectivity index (χ2v) is 6.81. The summed E-state index contributed by atoms with van der Waals surface area (Å²) < 4.78 is 9.94. The van der Waals surface area contributed by atoms with Crippen LogP contribution in [0.3, 0.4) is 0 Å². The molecule has 23 heavy (non-hydrogen) atoms. The Morgan fingerprint density at radius 2 is 1.87 bits per heavy atom. The van der Waals surface area contributed by atoms with E-state index in [1.165, 1.54) is 12.0 Å². The van der Waals surface area contributed by atoms with Gasteiger partial charge in [-0.05, 0) is 27.7 Å². The summed E-state index contributed by atoms with van der Waals surface area (Å²) in [4.78, 5) is 36.8.